The van der Waals surface area contributed by atoms with Gasteiger partial charge in [-0.3, -0.25) is 9.69 Å². The van der Waals surface area contributed by atoms with Gasteiger partial charge < -0.3 is 15.0 Å². The number of fused-ring (bicyclic) bond motifs is 1. The van der Waals surface area contributed by atoms with Gasteiger partial charge in [-0.1, -0.05) is 6.92 Å². The molecular weight excluding hydrogens is 306 g/mol. The summed E-state index contributed by atoms with van der Waals surface area (Å²) in [6.07, 6.45) is 0. The molecule has 2 heterocycles. The van der Waals surface area contributed by atoms with Gasteiger partial charge in [-0.25, -0.2) is 4.79 Å². The second-order valence-electron chi connectivity index (χ2n) is 6.33. The number of aryl methyl sites for hydroxylation is 1. The normalized spacial score (nSPS) is 16.6. The molecule has 0 atom stereocenters. The smallest absolute Gasteiger partial charge is 0.335 e. The number of pyridine rings is 1. The van der Waals surface area contributed by atoms with Crippen molar-refractivity contribution in [3.8, 4) is 0 Å². The van der Waals surface area contributed by atoms with Gasteiger partial charge in [-0.15, -0.1) is 0 Å². The van der Waals surface area contributed by atoms with Crippen LogP contribution in [0.25, 0.3) is 10.9 Å². The Bertz CT molecular complexity index is 820. The zero-order chi connectivity index (χ0) is 17.3. The van der Waals surface area contributed by atoms with Crippen LogP contribution in [0.2, 0.25) is 0 Å². The third-order valence-corrected chi connectivity index (χ3v) is 4.85. The van der Waals surface area contributed by atoms with Crippen LogP contribution in [0.3, 0.4) is 0 Å². The largest absolute Gasteiger partial charge is 0.478 e. The molecule has 6 heteroatoms. The first-order valence-corrected chi connectivity index (χ1v) is 8.33. The van der Waals surface area contributed by atoms with Crippen LogP contribution in [0.4, 0.5) is 0 Å². The average Bonchev–Trinajstić information content (AvgIpc) is 2.58. The topological polar surface area (TPSA) is 76.6 Å². The van der Waals surface area contributed by atoms with Gasteiger partial charge in [0, 0.05) is 54.9 Å². The van der Waals surface area contributed by atoms with E-state index < -0.39 is 5.97 Å². The van der Waals surface area contributed by atoms with E-state index in [1.54, 1.807) is 6.07 Å². The molecule has 1 saturated heterocycles. The van der Waals surface area contributed by atoms with Crippen molar-refractivity contribution in [1.82, 2.24) is 14.8 Å². The lowest BCUT2D eigenvalue weighted by Crippen LogP contribution is -2.46. The number of carbonyl (C=O) groups is 1. The number of nitrogens with zero attached hydrogens (tertiary/aromatic N) is 2. The van der Waals surface area contributed by atoms with Gasteiger partial charge in [-0.2, -0.15) is 0 Å². The molecule has 24 heavy (non-hydrogen) atoms. The van der Waals surface area contributed by atoms with Crippen LogP contribution in [-0.2, 0) is 6.54 Å². The fourth-order valence-electron chi connectivity index (χ4n) is 3.26. The molecule has 1 fully saturated rings. The van der Waals surface area contributed by atoms with Crippen molar-refractivity contribution in [3.05, 3.63) is 45.2 Å². The summed E-state index contributed by atoms with van der Waals surface area (Å²) in [5.74, 6) is -1.02. The molecular formula is C18H23N3O3. The molecule has 1 aliphatic rings. The maximum absolute atomic E-state index is 12.9. The Hall–Kier alpha value is -2.18. The van der Waals surface area contributed by atoms with E-state index in [2.05, 4.69) is 21.7 Å². The summed E-state index contributed by atoms with van der Waals surface area (Å²) < 4.78 is 0. The fraction of sp³-hybridized carbons (Fsp3) is 0.444. The minimum Gasteiger partial charge on any atom is -0.478 e. The Morgan fingerprint density at radius 2 is 1.88 bits per heavy atom. The van der Waals surface area contributed by atoms with Crippen LogP contribution >= 0.6 is 0 Å². The van der Waals surface area contributed by atoms with E-state index in [1.165, 1.54) is 12.1 Å². The highest BCUT2D eigenvalue weighted by atomic mass is 16.4. The van der Waals surface area contributed by atoms with Crippen LogP contribution in [0, 0.1) is 6.92 Å². The fourth-order valence-corrected chi connectivity index (χ4v) is 3.26. The lowest BCUT2D eigenvalue weighted by molar-refractivity contribution is 0.0697. The molecule has 6 nitrogen and oxygen atoms in total. The van der Waals surface area contributed by atoms with E-state index in [-0.39, 0.29) is 11.0 Å². The number of nitrogens with one attached hydrogen (secondary N) is 1. The minimum absolute atomic E-state index is 0.0673. The van der Waals surface area contributed by atoms with Gasteiger partial charge in [0.25, 0.3) is 0 Å². The first kappa shape index (κ1) is 16.7. The summed E-state index contributed by atoms with van der Waals surface area (Å²) in [6.45, 7) is 9.65. The molecule has 0 saturated carbocycles. The SMILES string of the molecule is CCN1CCN(Cc2c(C)[nH]c3ccc(C(=O)O)cc3c2=O)CC1. The third kappa shape index (κ3) is 3.20. The maximum Gasteiger partial charge on any atom is 0.335 e. The highest BCUT2D eigenvalue weighted by Crippen LogP contribution is 2.16. The van der Waals surface area contributed by atoms with Crippen molar-refractivity contribution < 1.29 is 9.90 Å². The van der Waals surface area contributed by atoms with Gasteiger partial charge in [0.15, 0.2) is 5.43 Å². The summed E-state index contributed by atoms with van der Waals surface area (Å²) in [6, 6.07) is 4.65. The average molecular weight is 329 g/mol. The summed E-state index contributed by atoms with van der Waals surface area (Å²) in [5.41, 5.74) is 2.34. The number of carboxylic acids is 1. The number of aromatic carboxylic acids is 1. The summed E-state index contributed by atoms with van der Waals surface area (Å²) in [5, 5.41) is 9.59. The van der Waals surface area contributed by atoms with Crippen molar-refractivity contribution in [1.29, 1.82) is 0 Å². The third-order valence-electron chi connectivity index (χ3n) is 4.85. The summed E-state index contributed by atoms with van der Waals surface area (Å²) in [4.78, 5) is 32.0. The zero-order valence-electron chi connectivity index (χ0n) is 14.1. The lowest BCUT2D eigenvalue weighted by Gasteiger charge is -2.34. The summed E-state index contributed by atoms with van der Waals surface area (Å²) in [7, 11) is 0. The van der Waals surface area contributed by atoms with E-state index in [0.717, 1.165) is 44.0 Å². The molecule has 0 radical (unpaired) electrons. The lowest BCUT2D eigenvalue weighted by atomic mass is 10.1. The highest BCUT2D eigenvalue weighted by molar-refractivity contribution is 5.93. The highest BCUT2D eigenvalue weighted by Gasteiger charge is 2.19. The van der Waals surface area contributed by atoms with Crippen molar-refractivity contribution >= 4 is 16.9 Å². The Labute approximate surface area is 140 Å². The molecule has 0 unspecified atom stereocenters. The standard InChI is InChI=1S/C18H23N3O3/c1-3-20-6-8-21(9-7-20)11-15-12(2)19-16-5-4-13(18(23)24)10-14(16)17(15)22/h4-5,10H,3,6-9,11H2,1-2H3,(H,19,22)(H,23,24). The first-order chi connectivity index (χ1) is 11.5. The van der Waals surface area contributed by atoms with E-state index in [9.17, 15) is 9.59 Å². The Balaban J connectivity index is 1.93. The van der Waals surface area contributed by atoms with Gasteiger partial charge in [0.2, 0.25) is 0 Å². The van der Waals surface area contributed by atoms with Crippen LogP contribution in [0.15, 0.2) is 23.0 Å². The summed E-state index contributed by atoms with van der Waals surface area (Å²) >= 11 is 0. The zero-order valence-corrected chi connectivity index (χ0v) is 14.1. The van der Waals surface area contributed by atoms with E-state index >= 15 is 0 Å². The molecule has 0 spiro atoms. The second kappa shape index (κ2) is 6.75. The van der Waals surface area contributed by atoms with E-state index in [1.807, 2.05) is 6.92 Å². The van der Waals surface area contributed by atoms with Gasteiger partial charge >= 0.3 is 5.97 Å². The van der Waals surface area contributed by atoms with Gasteiger partial charge in [-0.05, 0) is 31.7 Å². The monoisotopic (exact) mass is 329 g/mol. The van der Waals surface area contributed by atoms with Crippen LogP contribution < -0.4 is 5.43 Å². The van der Waals surface area contributed by atoms with Gasteiger partial charge in [0.05, 0.1) is 5.56 Å². The predicted octanol–water partition coefficient (Wildman–Crippen LogP) is 1.67. The number of H-pyrrole nitrogens is 1. The van der Waals surface area contributed by atoms with E-state index in [0.29, 0.717) is 17.4 Å². The Morgan fingerprint density at radius 1 is 1.21 bits per heavy atom. The molecule has 2 N–H and O–H groups in total. The molecule has 2 aromatic rings. The molecule has 0 aliphatic carbocycles. The molecule has 1 aromatic heterocycles. The molecule has 3 rings (SSSR count). The number of aromatic nitrogens is 1. The quantitative estimate of drug-likeness (QED) is 0.892. The number of benzene rings is 1. The van der Waals surface area contributed by atoms with Crippen LogP contribution in [0.5, 0.6) is 0 Å². The molecule has 128 valence electrons. The number of likely N-dealkylation sites (N-methyl/N-ethyl adjacent to an activating group) is 1. The van der Waals surface area contributed by atoms with Crippen LogP contribution in [0.1, 0.15) is 28.5 Å². The Kier molecular flexibility index (Phi) is 4.69. The van der Waals surface area contributed by atoms with Crippen molar-refractivity contribution in [3.63, 3.8) is 0 Å². The number of rotatable bonds is 4. The van der Waals surface area contributed by atoms with Crippen molar-refractivity contribution in [2.24, 2.45) is 0 Å². The number of hydrogen-bond acceptors (Lipinski definition) is 4. The van der Waals surface area contributed by atoms with E-state index in [4.69, 9.17) is 5.11 Å². The number of carboxylic acid groups (broad SMARTS) is 1. The number of aromatic amines is 1. The number of piperazine rings is 1. The number of hydrogen-bond donors (Lipinski definition) is 2. The molecule has 1 aliphatic heterocycles. The minimum atomic E-state index is -1.02. The molecule has 0 bridgehead atoms. The molecule has 1 aromatic carbocycles. The van der Waals surface area contributed by atoms with Crippen LogP contribution in [-0.4, -0.2) is 58.6 Å². The molecule has 0 amide bonds. The Morgan fingerprint density at radius 3 is 2.50 bits per heavy atom. The maximum atomic E-state index is 12.9. The predicted molar refractivity (Wildman–Crippen MR) is 93.7 cm³/mol. The van der Waals surface area contributed by atoms with Gasteiger partial charge in [0.1, 0.15) is 0 Å². The second-order valence-corrected chi connectivity index (χ2v) is 6.33. The van der Waals surface area contributed by atoms with Crippen molar-refractivity contribution in [2.75, 3.05) is 32.7 Å². The first-order valence-electron chi connectivity index (χ1n) is 8.33. The van der Waals surface area contributed by atoms with Crippen molar-refractivity contribution in [2.45, 2.75) is 20.4 Å².